The van der Waals surface area contributed by atoms with Gasteiger partial charge < -0.3 is 29.7 Å². The van der Waals surface area contributed by atoms with Crippen molar-refractivity contribution in [3.63, 3.8) is 0 Å². The van der Waals surface area contributed by atoms with Gasteiger partial charge in [0.2, 0.25) is 11.9 Å². The number of amides is 2. The maximum Gasteiger partial charge on any atom is 0.293 e. The number of rotatable bonds is 7. The monoisotopic (exact) mass is 527 g/mol. The Balaban J connectivity index is 1.54. The van der Waals surface area contributed by atoms with Crippen LogP contribution < -0.4 is 25.8 Å². The van der Waals surface area contributed by atoms with Crippen LogP contribution in [0.15, 0.2) is 35.3 Å². The van der Waals surface area contributed by atoms with Gasteiger partial charge in [0.05, 0.1) is 11.7 Å². The number of hydrogen-bond acceptors (Lipinski definition) is 8. The number of likely N-dealkylation sites (N-methyl/N-ethyl adjacent to an activating group) is 1. The molecule has 0 spiro atoms. The number of hydrogen-bond donors (Lipinski definition) is 2. The van der Waals surface area contributed by atoms with Crippen molar-refractivity contribution >= 4 is 51.8 Å². The van der Waals surface area contributed by atoms with E-state index in [2.05, 4.69) is 20.6 Å². The zero-order chi connectivity index (χ0) is 26.7. The van der Waals surface area contributed by atoms with Gasteiger partial charge in [0.15, 0.2) is 18.2 Å². The molecule has 12 heteroatoms. The second kappa shape index (κ2) is 11.0. The summed E-state index contributed by atoms with van der Waals surface area (Å²) >= 11 is 6.40. The second-order valence-corrected chi connectivity index (χ2v) is 9.50. The van der Waals surface area contributed by atoms with Crippen molar-refractivity contribution < 1.29 is 14.3 Å². The van der Waals surface area contributed by atoms with E-state index in [9.17, 15) is 14.4 Å². The maximum atomic E-state index is 12.6. The average molecular weight is 528 g/mol. The van der Waals surface area contributed by atoms with E-state index in [0.29, 0.717) is 41.1 Å². The molecule has 1 aromatic carbocycles. The first kappa shape index (κ1) is 26.2. The fourth-order valence-electron chi connectivity index (χ4n) is 4.28. The summed E-state index contributed by atoms with van der Waals surface area (Å²) in [5, 5.41) is 6.79. The van der Waals surface area contributed by atoms with E-state index in [1.807, 2.05) is 23.1 Å². The molecule has 0 atom stereocenters. The molecular formula is C25H30ClN7O4. The van der Waals surface area contributed by atoms with E-state index in [0.717, 1.165) is 18.2 Å². The highest BCUT2D eigenvalue weighted by molar-refractivity contribution is 6.32. The minimum atomic E-state index is -0.336. The molecule has 0 aliphatic carbocycles. The minimum absolute atomic E-state index is 0.00920. The van der Waals surface area contributed by atoms with E-state index in [4.69, 9.17) is 16.3 Å². The Morgan fingerprint density at radius 1 is 1.22 bits per heavy atom. The van der Waals surface area contributed by atoms with Gasteiger partial charge in [-0.05, 0) is 37.1 Å². The van der Waals surface area contributed by atoms with Crippen molar-refractivity contribution in [2.45, 2.75) is 12.8 Å². The summed E-state index contributed by atoms with van der Waals surface area (Å²) in [5.74, 6) is 0.883. The molecule has 196 valence electrons. The van der Waals surface area contributed by atoms with E-state index in [1.165, 1.54) is 11.6 Å². The predicted molar refractivity (Wildman–Crippen MR) is 143 cm³/mol. The third-order valence-electron chi connectivity index (χ3n) is 6.39. The summed E-state index contributed by atoms with van der Waals surface area (Å²) in [6.07, 6.45) is 3.03. The Bertz CT molecular complexity index is 1380. The minimum Gasteiger partial charge on any atom is -0.478 e. The third kappa shape index (κ3) is 5.77. The SMILES string of the molecule is CNC(=O)COc1cc2cc(Nc3nc(N4CCC(C(=O)N(C)C)CC4)ncc3Cl)ccc2n(C)c1=O. The number of pyridine rings is 1. The van der Waals surface area contributed by atoms with Crippen molar-refractivity contribution in [3.8, 4) is 5.75 Å². The van der Waals surface area contributed by atoms with E-state index in [1.54, 1.807) is 38.3 Å². The van der Waals surface area contributed by atoms with Crippen LogP contribution in [0.25, 0.3) is 10.9 Å². The van der Waals surface area contributed by atoms with Gasteiger partial charge in [-0.2, -0.15) is 4.98 Å². The molecule has 0 radical (unpaired) electrons. The summed E-state index contributed by atoms with van der Waals surface area (Å²) in [4.78, 5) is 49.2. The van der Waals surface area contributed by atoms with Crippen LogP contribution in [0.4, 0.5) is 17.5 Å². The molecule has 2 aromatic heterocycles. The smallest absolute Gasteiger partial charge is 0.293 e. The maximum absolute atomic E-state index is 12.6. The highest BCUT2D eigenvalue weighted by Crippen LogP contribution is 2.29. The molecule has 1 saturated heterocycles. The van der Waals surface area contributed by atoms with Gasteiger partial charge >= 0.3 is 0 Å². The van der Waals surface area contributed by atoms with Gasteiger partial charge in [-0.15, -0.1) is 0 Å². The van der Waals surface area contributed by atoms with Crippen LogP contribution in [0.2, 0.25) is 5.02 Å². The van der Waals surface area contributed by atoms with Crippen LogP contribution in [0, 0.1) is 5.92 Å². The molecule has 4 rings (SSSR count). The van der Waals surface area contributed by atoms with Crippen LogP contribution >= 0.6 is 11.6 Å². The molecule has 1 aliphatic rings. The number of carbonyl (C=O) groups excluding carboxylic acids is 2. The van der Waals surface area contributed by atoms with Crippen LogP contribution in [0.1, 0.15) is 12.8 Å². The van der Waals surface area contributed by atoms with E-state index in [-0.39, 0.29) is 35.6 Å². The van der Waals surface area contributed by atoms with Crippen LogP contribution in [0.5, 0.6) is 5.75 Å². The van der Waals surface area contributed by atoms with Gasteiger partial charge in [-0.25, -0.2) is 4.98 Å². The van der Waals surface area contributed by atoms with Crippen molar-refractivity contribution in [2.75, 3.05) is 51.1 Å². The number of benzene rings is 1. The average Bonchev–Trinajstić information content (AvgIpc) is 2.90. The number of ether oxygens (including phenoxy) is 1. The molecule has 0 saturated carbocycles. The Hall–Kier alpha value is -3.86. The number of nitrogens with one attached hydrogen (secondary N) is 2. The predicted octanol–water partition coefficient (Wildman–Crippen LogP) is 2.15. The first-order valence-corrected chi connectivity index (χ1v) is 12.3. The molecular weight excluding hydrogens is 498 g/mol. The van der Waals surface area contributed by atoms with Gasteiger partial charge in [-0.3, -0.25) is 14.4 Å². The lowest BCUT2D eigenvalue weighted by Crippen LogP contribution is -2.40. The molecule has 3 aromatic rings. The van der Waals surface area contributed by atoms with Crippen LogP contribution in [-0.2, 0) is 16.6 Å². The standard InChI is InChI=1S/C25H30ClN7O4/c1-27-21(34)14-37-20-12-16-11-17(5-6-19(16)32(4)24(20)36)29-22-18(26)13-28-25(30-22)33-9-7-15(8-10-33)23(35)31(2)3/h5-6,11-13,15H,7-10,14H2,1-4H3,(H,27,34)(H,28,29,30). The number of aromatic nitrogens is 3. The number of nitrogens with zero attached hydrogens (tertiary/aromatic N) is 5. The second-order valence-electron chi connectivity index (χ2n) is 9.09. The van der Waals surface area contributed by atoms with E-state index >= 15 is 0 Å². The largest absolute Gasteiger partial charge is 0.478 e. The van der Waals surface area contributed by atoms with Gasteiger partial charge in [0, 0.05) is 58.3 Å². The summed E-state index contributed by atoms with van der Waals surface area (Å²) < 4.78 is 6.91. The Labute approximate surface area is 219 Å². The molecule has 11 nitrogen and oxygen atoms in total. The van der Waals surface area contributed by atoms with E-state index < -0.39 is 0 Å². The highest BCUT2D eigenvalue weighted by atomic mass is 35.5. The van der Waals surface area contributed by atoms with Gasteiger partial charge in [0.25, 0.3) is 11.5 Å². The molecule has 0 bridgehead atoms. The quantitative estimate of drug-likeness (QED) is 0.479. The first-order valence-electron chi connectivity index (χ1n) is 11.9. The molecule has 1 fully saturated rings. The first-order chi connectivity index (χ1) is 17.7. The summed E-state index contributed by atoms with van der Waals surface area (Å²) in [5.41, 5.74) is 1.06. The van der Waals surface area contributed by atoms with Crippen LogP contribution in [0.3, 0.4) is 0 Å². The molecule has 1 aliphatic heterocycles. The zero-order valence-electron chi connectivity index (χ0n) is 21.2. The topological polar surface area (TPSA) is 122 Å². The van der Waals surface area contributed by atoms with Crippen molar-refractivity contribution in [1.82, 2.24) is 24.8 Å². The zero-order valence-corrected chi connectivity index (χ0v) is 22.0. The highest BCUT2D eigenvalue weighted by Gasteiger charge is 2.27. The molecule has 2 N–H and O–H groups in total. The lowest BCUT2D eigenvalue weighted by molar-refractivity contribution is -0.133. The molecule has 37 heavy (non-hydrogen) atoms. The number of aryl methyl sites for hydroxylation is 1. The number of fused-ring (bicyclic) bond motifs is 1. The lowest BCUT2D eigenvalue weighted by atomic mass is 9.96. The molecule has 3 heterocycles. The lowest BCUT2D eigenvalue weighted by Gasteiger charge is -2.32. The number of carbonyl (C=O) groups is 2. The van der Waals surface area contributed by atoms with Crippen molar-refractivity contribution in [3.05, 3.63) is 45.8 Å². The van der Waals surface area contributed by atoms with Crippen molar-refractivity contribution in [1.29, 1.82) is 0 Å². The molecule has 0 unspecified atom stereocenters. The van der Waals surface area contributed by atoms with Gasteiger partial charge in [0.1, 0.15) is 5.02 Å². The Kier molecular flexibility index (Phi) is 7.82. The number of anilines is 3. The number of halogens is 1. The fraction of sp³-hybridized carbons (Fsp3) is 0.400. The Morgan fingerprint density at radius 2 is 1.95 bits per heavy atom. The normalized spacial score (nSPS) is 13.9. The summed E-state index contributed by atoms with van der Waals surface area (Å²) in [6, 6.07) is 7.09. The van der Waals surface area contributed by atoms with Gasteiger partial charge in [-0.1, -0.05) is 11.6 Å². The summed E-state index contributed by atoms with van der Waals surface area (Å²) in [6.45, 7) is 1.09. The summed E-state index contributed by atoms with van der Waals surface area (Å²) in [7, 11) is 6.70. The fourth-order valence-corrected chi connectivity index (χ4v) is 4.41. The van der Waals surface area contributed by atoms with Crippen LogP contribution in [-0.4, -0.2) is 72.1 Å². The third-order valence-corrected chi connectivity index (χ3v) is 6.67. The Morgan fingerprint density at radius 3 is 2.62 bits per heavy atom. The molecule has 2 amide bonds. The van der Waals surface area contributed by atoms with Crippen molar-refractivity contribution in [2.24, 2.45) is 13.0 Å². The number of piperidine rings is 1.